The number of benzene rings is 1. The van der Waals surface area contributed by atoms with Gasteiger partial charge >= 0.3 is 0 Å². The molecular formula is C16H22ClN3. The van der Waals surface area contributed by atoms with Gasteiger partial charge in [0.25, 0.3) is 0 Å². The van der Waals surface area contributed by atoms with Crippen molar-refractivity contribution in [3.05, 3.63) is 29.0 Å². The molecule has 1 fully saturated rings. The SMILES string of the molecule is CCn1c(CCC2CCCCN2)nc2ccc(Cl)cc21. The number of hydrogen-bond acceptors (Lipinski definition) is 2. The summed E-state index contributed by atoms with van der Waals surface area (Å²) in [6, 6.07) is 6.63. The topological polar surface area (TPSA) is 29.9 Å². The van der Waals surface area contributed by atoms with Crippen molar-refractivity contribution in [2.24, 2.45) is 0 Å². The maximum Gasteiger partial charge on any atom is 0.109 e. The molecule has 0 bridgehead atoms. The van der Waals surface area contributed by atoms with Gasteiger partial charge in [-0.3, -0.25) is 0 Å². The minimum Gasteiger partial charge on any atom is -0.328 e. The van der Waals surface area contributed by atoms with Gasteiger partial charge in [0.05, 0.1) is 11.0 Å². The predicted molar refractivity (Wildman–Crippen MR) is 84.4 cm³/mol. The zero-order chi connectivity index (χ0) is 13.9. The smallest absolute Gasteiger partial charge is 0.109 e. The van der Waals surface area contributed by atoms with Crippen LogP contribution in [0.2, 0.25) is 5.02 Å². The highest BCUT2D eigenvalue weighted by atomic mass is 35.5. The van der Waals surface area contributed by atoms with Crippen molar-refractivity contribution in [3.8, 4) is 0 Å². The summed E-state index contributed by atoms with van der Waals surface area (Å²) in [6.07, 6.45) is 6.20. The van der Waals surface area contributed by atoms with Gasteiger partial charge in [0.2, 0.25) is 0 Å². The van der Waals surface area contributed by atoms with Gasteiger partial charge in [0, 0.05) is 24.0 Å². The van der Waals surface area contributed by atoms with Crippen LogP contribution < -0.4 is 5.32 Å². The van der Waals surface area contributed by atoms with E-state index in [1.54, 1.807) is 0 Å². The minimum atomic E-state index is 0.664. The highest BCUT2D eigenvalue weighted by Crippen LogP contribution is 2.22. The molecule has 4 heteroatoms. The summed E-state index contributed by atoms with van der Waals surface area (Å²) >= 11 is 6.10. The largest absolute Gasteiger partial charge is 0.328 e. The Bertz CT molecular complexity index is 585. The van der Waals surface area contributed by atoms with Crippen molar-refractivity contribution in [3.63, 3.8) is 0 Å². The van der Waals surface area contributed by atoms with E-state index in [0.29, 0.717) is 6.04 Å². The lowest BCUT2D eigenvalue weighted by atomic mass is 10.0. The number of aromatic nitrogens is 2. The Morgan fingerprint density at radius 2 is 2.30 bits per heavy atom. The Labute approximate surface area is 125 Å². The number of halogens is 1. The maximum absolute atomic E-state index is 6.10. The quantitative estimate of drug-likeness (QED) is 0.929. The average Bonchev–Trinajstić information content (AvgIpc) is 2.83. The predicted octanol–water partition coefficient (Wildman–Crippen LogP) is 3.78. The standard InChI is InChI=1S/C16H22ClN3/c1-2-20-15-11-12(17)6-8-14(15)19-16(20)9-7-13-5-3-4-10-18-13/h6,8,11,13,18H,2-5,7,9-10H2,1H3. The molecule has 1 aromatic heterocycles. The highest BCUT2D eigenvalue weighted by molar-refractivity contribution is 6.31. The molecule has 1 aliphatic heterocycles. The fraction of sp³-hybridized carbons (Fsp3) is 0.562. The number of aryl methyl sites for hydroxylation is 2. The van der Waals surface area contributed by atoms with Gasteiger partial charge in [-0.15, -0.1) is 0 Å². The lowest BCUT2D eigenvalue weighted by Gasteiger charge is -2.23. The van der Waals surface area contributed by atoms with E-state index >= 15 is 0 Å². The molecule has 0 saturated carbocycles. The Hall–Kier alpha value is -1.06. The van der Waals surface area contributed by atoms with E-state index in [0.717, 1.165) is 29.0 Å². The van der Waals surface area contributed by atoms with Crippen molar-refractivity contribution in [2.75, 3.05) is 6.54 Å². The van der Waals surface area contributed by atoms with Crippen LogP contribution in [0.3, 0.4) is 0 Å². The molecule has 0 radical (unpaired) electrons. The summed E-state index contributed by atoms with van der Waals surface area (Å²) < 4.78 is 2.30. The number of piperidine rings is 1. The molecule has 0 aliphatic carbocycles. The molecule has 1 N–H and O–H groups in total. The van der Waals surface area contributed by atoms with E-state index in [4.69, 9.17) is 16.6 Å². The van der Waals surface area contributed by atoms with Gasteiger partial charge in [-0.2, -0.15) is 0 Å². The summed E-state index contributed by atoms with van der Waals surface area (Å²) in [5.41, 5.74) is 2.22. The zero-order valence-electron chi connectivity index (χ0n) is 12.0. The second-order valence-electron chi connectivity index (χ2n) is 5.59. The van der Waals surface area contributed by atoms with E-state index in [1.807, 2.05) is 18.2 Å². The van der Waals surface area contributed by atoms with Crippen LogP contribution in [0, 0.1) is 0 Å². The third-order valence-corrected chi connectivity index (χ3v) is 4.47. The molecule has 1 saturated heterocycles. The Morgan fingerprint density at radius 1 is 1.40 bits per heavy atom. The van der Waals surface area contributed by atoms with Crippen LogP contribution in [-0.4, -0.2) is 22.1 Å². The monoisotopic (exact) mass is 291 g/mol. The molecule has 0 spiro atoms. The molecule has 1 unspecified atom stereocenters. The van der Waals surface area contributed by atoms with Crippen molar-refractivity contribution >= 4 is 22.6 Å². The van der Waals surface area contributed by atoms with Gasteiger partial charge in [0.1, 0.15) is 5.82 Å². The van der Waals surface area contributed by atoms with Gasteiger partial charge in [0.15, 0.2) is 0 Å². The molecule has 2 aromatic rings. The third kappa shape index (κ3) is 2.84. The Kier molecular flexibility index (Phi) is 4.27. The number of nitrogens with zero attached hydrogens (tertiary/aromatic N) is 2. The van der Waals surface area contributed by atoms with Crippen LogP contribution in [0.25, 0.3) is 11.0 Å². The van der Waals surface area contributed by atoms with E-state index in [-0.39, 0.29) is 0 Å². The average molecular weight is 292 g/mol. The first-order valence-electron chi connectivity index (χ1n) is 7.66. The summed E-state index contributed by atoms with van der Waals surface area (Å²) in [5, 5.41) is 4.40. The summed E-state index contributed by atoms with van der Waals surface area (Å²) in [6.45, 7) is 4.29. The minimum absolute atomic E-state index is 0.664. The number of nitrogens with one attached hydrogen (secondary N) is 1. The van der Waals surface area contributed by atoms with Crippen LogP contribution in [0.4, 0.5) is 0 Å². The van der Waals surface area contributed by atoms with Gasteiger partial charge < -0.3 is 9.88 Å². The van der Waals surface area contributed by atoms with Gasteiger partial charge in [-0.05, 0) is 50.9 Å². The summed E-state index contributed by atoms with van der Waals surface area (Å²) in [7, 11) is 0. The molecule has 1 aromatic carbocycles. The second kappa shape index (κ2) is 6.15. The maximum atomic E-state index is 6.10. The van der Waals surface area contributed by atoms with Crippen LogP contribution in [-0.2, 0) is 13.0 Å². The molecule has 3 rings (SSSR count). The lowest BCUT2D eigenvalue weighted by molar-refractivity contribution is 0.379. The van der Waals surface area contributed by atoms with E-state index < -0.39 is 0 Å². The molecule has 1 aliphatic rings. The lowest BCUT2D eigenvalue weighted by Crippen LogP contribution is -2.34. The second-order valence-corrected chi connectivity index (χ2v) is 6.03. The number of imidazole rings is 1. The van der Waals surface area contributed by atoms with Crippen molar-refractivity contribution < 1.29 is 0 Å². The van der Waals surface area contributed by atoms with Crippen LogP contribution in [0.15, 0.2) is 18.2 Å². The van der Waals surface area contributed by atoms with Crippen molar-refractivity contribution in [1.82, 2.24) is 14.9 Å². The highest BCUT2D eigenvalue weighted by Gasteiger charge is 2.15. The molecule has 2 heterocycles. The van der Waals surface area contributed by atoms with E-state index in [1.165, 1.54) is 38.1 Å². The molecule has 108 valence electrons. The van der Waals surface area contributed by atoms with Crippen LogP contribution in [0.1, 0.15) is 38.4 Å². The number of fused-ring (bicyclic) bond motifs is 1. The molecular weight excluding hydrogens is 270 g/mol. The zero-order valence-corrected chi connectivity index (χ0v) is 12.8. The Morgan fingerprint density at radius 3 is 3.05 bits per heavy atom. The normalized spacial score (nSPS) is 19.6. The summed E-state index contributed by atoms with van der Waals surface area (Å²) in [5.74, 6) is 1.19. The summed E-state index contributed by atoms with van der Waals surface area (Å²) in [4.78, 5) is 4.79. The Balaban J connectivity index is 1.79. The molecule has 1 atom stereocenters. The fourth-order valence-corrected chi connectivity index (χ4v) is 3.33. The fourth-order valence-electron chi connectivity index (χ4n) is 3.16. The number of rotatable bonds is 4. The van der Waals surface area contributed by atoms with Gasteiger partial charge in [-0.25, -0.2) is 4.98 Å². The van der Waals surface area contributed by atoms with E-state index in [2.05, 4.69) is 16.8 Å². The van der Waals surface area contributed by atoms with Crippen molar-refractivity contribution in [1.29, 1.82) is 0 Å². The molecule has 0 amide bonds. The number of hydrogen-bond donors (Lipinski definition) is 1. The van der Waals surface area contributed by atoms with Gasteiger partial charge in [-0.1, -0.05) is 18.0 Å². The van der Waals surface area contributed by atoms with Crippen LogP contribution in [0.5, 0.6) is 0 Å². The van der Waals surface area contributed by atoms with Crippen LogP contribution >= 0.6 is 11.6 Å². The molecule has 20 heavy (non-hydrogen) atoms. The first-order valence-corrected chi connectivity index (χ1v) is 8.04. The third-order valence-electron chi connectivity index (χ3n) is 4.23. The van der Waals surface area contributed by atoms with Crippen molar-refractivity contribution in [2.45, 2.75) is 51.6 Å². The first-order chi connectivity index (χ1) is 9.78. The molecule has 3 nitrogen and oxygen atoms in total. The van der Waals surface area contributed by atoms with E-state index in [9.17, 15) is 0 Å². The first kappa shape index (κ1) is 13.9.